The molecule has 0 aliphatic rings. The van der Waals surface area contributed by atoms with Crippen molar-refractivity contribution in [1.82, 2.24) is 0 Å². The number of halogens is 1. The summed E-state index contributed by atoms with van der Waals surface area (Å²) in [4.78, 5) is 20.9. The normalized spacial score (nSPS) is 13.7. The molecule has 0 fully saturated rings. The fourth-order valence-corrected chi connectivity index (χ4v) is 1.50. The third kappa shape index (κ3) is 3.70. The molecule has 0 bridgehead atoms. The number of esters is 1. The highest BCUT2D eigenvalue weighted by atomic mass is 19.1. The molecule has 0 aliphatic heterocycles. The Balaban J connectivity index is 3.03. The number of rotatable bonds is 5. The van der Waals surface area contributed by atoms with Crippen molar-refractivity contribution >= 4 is 11.7 Å². The fourth-order valence-electron chi connectivity index (χ4n) is 1.50. The maximum atomic E-state index is 13.1. The van der Waals surface area contributed by atoms with Gasteiger partial charge in [0.1, 0.15) is 11.9 Å². The summed E-state index contributed by atoms with van der Waals surface area (Å²) in [6.45, 7) is 0. The molecule has 0 heterocycles. The average molecular weight is 273 g/mol. The molecule has 1 aromatic rings. The summed E-state index contributed by atoms with van der Waals surface area (Å²) in [5, 5.41) is 30.1. The van der Waals surface area contributed by atoms with E-state index in [0.717, 1.165) is 25.3 Å². The molecule has 0 radical (unpaired) electrons. The Bertz CT molecular complexity index is 492. The number of hydrogen-bond acceptors (Lipinski definition) is 6. The van der Waals surface area contributed by atoms with Gasteiger partial charge in [0.05, 0.1) is 30.1 Å². The van der Waals surface area contributed by atoms with Gasteiger partial charge in [0.25, 0.3) is 5.69 Å². The van der Waals surface area contributed by atoms with E-state index in [1.165, 1.54) is 0 Å². The van der Waals surface area contributed by atoms with E-state index in [9.17, 15) is 29.5 Å². The molecule has 1 aromatic carbocycles. The lowest BCUT2D eigenvalue weighted by Gasteiger charge is -2.17. The van der Waals surface area contributed by atoms with Crippen molar-refractivity contribution in [2.24, 2.45) is 0 Å². The molecular formula is C11H12FNO6. The minimum atomic E-state index is -1.77. The zero-order valence-corrected chi connectivity index (χ0v) is 9.95. The lowest BCUT2D eigenvalue weighted by molar-refractivity contribution is -0.386. The van der Waals surface area contributed by atoms with Gasteiger partial charge in [0, 0.05) is 6.07 Å². The molecule has 19 heavy (non-hydrogen) atoms. The van der Waals surface area contributed by atoms with E-state index in [2.05, 4.69) is 4.74 Å². The van der Waals surface area contributed by atoms with Crippen LogP contribution in [0.15, 0.2) is 18.2 Å². The molecule has 2 N–H and O–H groups in total. The smallest absolute Gasteiger partial charge is 0.308 e. The van der Waals surface area contributed by atoms with Crippen molar-refractivity contribution in [2.45, 2.75) is 18.6 Å². The largest absolute Gasteiger partial charge is 0.469 e. The Morgan fingerprint density at radius 1 is 1.53 bits per heavy atom. The van der Waals surface area contributed by atoms with Gasteiger partial charge in [-0.2, -0.15) is 0 Å². The molecule has 2 unspecified atom stereocenters. The first kappa shape index (κ1) is 15.0. The van der Waals surface area contributed by atoms with E-state index < -0.39 is 46.6 Å². The van der Waals surface area contributed by atoms with Crippen LogP contribution >= 0.6 is 0 Å². The van der Waals surface area contributed by atoms with Gasteiger partial charge in [-0.05, 0) is 12.1 Å². The topological polar surface area (TPSA) is 110 Å². The maximum absolute atomic E-state index is 13.1. The standard InChI is InChI=1S/C11H12FNO6/c1-19-10(15)5-9(14)11(16)7-4-6(12)2-3-8(7)13(17)18/h2-4,9,11,14,16H,5H2,1H3. The number of nitro groups is 1. The molecule has 0 aliphatic carbocycles. The third-order valence-corrected chi connectivity index (χ3v) is 2.47. The number of nitrogens with zero attached hydrogens (tertiary/aromatic N) is 1. The van der Waals surface area contributed by atoms with Gasteiger partial charge in [-0.3, -0.25) is 14.9 Å². The average Bonchev–Trinajstić information content (AvgIpc) is 2.36. The van der Waals surface area contributed by atoms with Crippen molar-refractivity contribution in [3.05, 3.63) is 39.7 Å². The highest BCUT2D eigenvalue weighted by molar-refractivity contribution is 5.69. The van der Waals surface area contributed by atoms with Crippen molar-refractivity contribution in [3.8, 4) is 0 Å². The lowest BCUT2D eigenvalue weighted by Crippen LogP contribution is -2.23. The minimum absolute atomic E-state index is 0.401. The molecule has 0 saturated heterocycles. The van der Waals surface area contributed by atoms with Crippen LogP contribution in [0.4, 0.5) is 10.1 Å². The second kappa shape index (κ2) is 6.21. The number of carbonyl (C=O) groups is 1. The number of methoxy groups -OCH3 is 1. The predicted octanol–water partition coefficient (Wildman–Crippen LogP) is 0.691. The highest BCUT2D eigenvalue weighted by Gasteiger charge is 2.28. The lowest BCUT2D eigenvalue weighted by atomic mass is 10.0. The summed E-state index contributed by atoms with van der Waals surface area (Å²) in [7, 11) is 1.09. The van der Waals surface area contributed by atoms with E-state index in [0.29, 0.717) is 0 Å². The molecule has 8 heteroatoms. The molecule has 7 nitrogen and oxygen atoms in total. The van der Waals surface area contributed by atoms with Crippen LogP contribution in [-0.4, -0.2) is 34.3 Å². The molecule has 0 aromatic heterocycles. The van der Waals surface area contributed by atoms with Crippen LogP contribution in [-0.2, 0) is 9.53 Å². The summed E-state index contributed by atoms with van der Waals surface area (Å²) in [6.07, 6.45) is -3.96. The van der Waals surface area contributed by atoms with Gasteiger partial charge in [-0.15, -0.1) is 0 Å². The Labute approximate surface area is 107 Å². The number of hydrogen-bond donors (Lipinski definition) is 2. The van der Waals surface area contributed by atoms with Gasteiger partial charge in [-0.1, -0.05) is 0 Å². The minimum Gasteiger partial charge on any atom is -0.469 e. The van der Waals surface area contributed by atoms with Crippen LogP contribution in [0, 0.1) is 15.9 Å². The van der Waals surface area contributed by atoms with E-state index in [1.54, 1.807) is 0 Å². The van der Waals surface area contributed by atoms with E-state index in [-0.39, 0.29) is 0 Å². The van der Waals surface area contributed by atoms with E-state index >= 15 is 0 Å². The second-order valence-corrected chi connectivity index (χ2v) is 3.75. The van der Waals surface area contributed by atoms with Crippen molar-refractivity contribution in [3.63, 3.8) is 0 Å². The Morgan fingerprint density at radius 2 is 2.16 bits per heavy atom. The van der Waals surface area contributed by atoms with Gasteiger partial charge < -0.3 is 14.9 Å². The van der Waals surface area contributed by atoms with Crippen molar-refractivity contribution in [2.75, 3.05) is 7.11 Å². The fraction of sp³-hybridized carbons (Fsp3) is 0.364. The van der Waals surface area contributed by atoms with Gasteiger partial charge >= 0.3 is 5.97 Å². The van der Waals surface area contributed by atoms with Crippen LogP contribution in [0.1, 0.15) is 18.1 Å². The molecule has 0 spiro atoms. The number of benzene rings is 1. The van der Waals surface area contributed by atoms with Crippen LogP contribution in [0.25, 0.3) is 0 Å². The molecule has 104 valence electrons. The second-order valence-electron chi connectivity index (χ2n) is 3.75. The van der Waals surface area contributed by atoms with Crippen LogP contribution in [0.3, 0.4) is 0 Å². The number of ether oxygens (including phenoxy) is 1. The van der Waals surface area contributed by atoms with Gasteiger partial charge in [0.2, 0.25) is 0 Å². The highest BCUT2D eigenvalue weighted by Crippen LogP contribution is 2.29. The molecule has 0 amide bonds. The summed E-state index contributed by atoms with van der Waals surface area (Å²) in [6, 6.07) is 2.48. The molecule has 1 rings (SSSR count). The van der Waals surface area contributed by atoms with Crippen molar-refractivity contribution < 1.29 is 29.1 Å². The summed E-state index contributed by atoms with van der Waals surface area (Å²) in [5.41, 5.74) is -0.945. The zero-order valence-electron chi connectivity index (χ0n) is 9.95. The van der Waals surface area contributed by atoms with E-state index in [4.69, 9.17) is 0 Å². The number of carbonyl (C=O) groups excluding carboxylic acids is 1. The Kier molecular flexibility index (Phi) is 4.90. The summed E-state index contributed by atoms with van der Waals surface area (Å²) in [5.74, 6) is -1.60. The molecule has 2 atom stereocenters. The quantitative estimate of drug-likeness (QED) is 0.464. The number of nitro benzene ring substituents is 1. The summed E-state index contributed by atoms with van der Waals surface area (Å²) < 4.78 is 17.3. The Morgan fingerprint density at radius 3 is 2.68 bits per heavy atom. The van der Waals surface area contributed by atoms with Crippen LogP contribution in [0.2, 0.25) is 0 Å². The van der Waals surface area contributed by atoms with Gasteiger partial charge in [-0.25, -0.2) is 4.39 Å². The monoisotopic (exact) mass is 273 g/mol. The first-order chi connectivity index (χ1) is 8.86. The maximum Gasteiger partial charge on any atom is 0.308 e. The summed E-state index contributed by atoms with van der Waals surface area (Å²) >= 11 is 0. The Hall–Kier alpha value is -2.06. The van der Waals surface area contributed by atoms with Crippen molar-refractivity contribution in [1.29, 1.82) is 0 Å². The van der Waals surface area contributed by atoms with E-state index in [1.807, 2.05) is 0 Å². The molecular weight excluding hydrogens is 261 g/mol. The predicted molar refractivity (Wildman–Crippen MR) is 60.7 cm³/mol. The first-order valence-corrected chi connectivity index (χ1v) is 5.23. The first-order valence-electron chi connectivity index (χ1n) is 5.23. The van der Waals surface area contributed by atoms with Crippen LogP contribution in [0.5, 0.6) is 0 Å². The SMILES string of the molecule is COC(=O)CC(O)C(O)c1cc(F)ccc1[N+](=O)[O-]. The molecule has 0 saturated carbocycles. The number of aliphatic hydroxyl groups excluding tert-OH is 2. The number of aliphatic hydroxyl groups is 2. The zero-order chi connectivity index (χ0) is 14.6. The van der Waals surface area contributed by atoms with Gasteiger partial charge in [0.15, 0.2) is 0 Å². The van der Waals surface area contributed by atoms with Crippen LogP contribution < -0.4 is 0 Å². The third-order valence-electron chi connectivity index (χ3n) is 2.47.